The van der Waals surface area contributed by atoms with Crippen molar-refractivity contribution in [1.82, 2.24) is 0 Å². The molecule has 2 rings (SSSR count). The molecule has 2 aromatic rings. The van der Waals surface area contributed by atoms with E-state index in [2.05, 4.69) is 39.8 Å². The Labute approximate surface area is 121 Å². The molecule has 0 saturated heterocycles. The van der Waals surface area contributed by atoms with E-state index in [1.54, 1.807) is 0 Å². The number of aryl methyl sites for hydroxylation is 1. The Balaban J connectivity index is 2.25. The van der Waals surface area contributed by atoms with Crippen molar-refractivity contribution in [3.63, 3.8) is 0 Å². The zero-order valence-electron chi connectivity index (χ0n) is 12.7. The van der Waals surface area contributed by atoms with Gasteiger partial charge in [-0.3, -0.25) is 0 Å². The number of ether oxygens (including phenoxy) is 1. The topological polar surface area (TPSA) is 35.2 Å². The molecule has 0 heterocycles. The lowest BCUT2D eigenvalue weighted by molar-refractivity contribution is 0.477. The summed E-state index contributed by atoms with van der Waals surface area (Å²) in [7, 11) is 0. The summed E-state index contributed by atoms with van der Waals surface area (Å²) in [5.74, 6) is 1.73. The number of hydrogen-bond donors (Lipinski definition) is 1. The van der Waals surface area contributed by atoms with E-state index >= 15 is 0 Å². The van der Waals surface area contributed by atoms with Gasteiger partial charge in [0.25, 0.3) is 0 Å². The first-order valence-electron chi connectivity index (χ1n) is 6.98. The third kappa shape index (κ3) is 3.40. The molecular formula is C18H23NO. The summed E-state index contributed by atoms with van der Waals surface area (Å²) in [6.45, 7) is 9.25. The Kier molecular flexibility index (Phi) is 4.15. The zero-order valence-corrected chi connectivity index (χ0v) is 12.7. The molecule has 2 N–H and O–H groups in total. The van der Waals surface area contributed by atoms with Gasteiger partial charge in [0.1, 0.15) is 11.5 Å². The summed E-state index contributed by atoms with van der Waals surface area (Å²) in [4.78, 5) is 0. The highest BCUT2D eigenvalue weighted by atomic mass is 16.5. The Morgan fingerprint density at radius 3 is 2.40 bits per heavy atom. The van der Waals surface area contributed by atoms with E-state index in [0.29, 0.717) is 6.54 Å². The highest BCUT2D eigenvalue weighted by Gasteiger charge is 2.14. The van der Waals surface area contributed by atoms with Gasteiger partial charge in [-0.05, 0) is 47.2 Å². The van der Waals surface area contributed by atoms with E-state index in [0.717, 1.165) is 22.6 Å². The summed E-state index contributed by atoms with van der Waals surface area (Å²) in [6.07, 6.45) is 0. The van der Waals surface area contributed by atoms with E-state index in [4.69, 9.17) is 10.5 Å². The van der Waals surface area contributed by atoms with Gasteiger partial charge in [0, 0.05) is 6.54 Å². The maximum Gasteiger partial charge on any atom is 0.130 e. The average Bonchev–Trinajstić information content (AvgIpc) is 2.40. The number of rotatable bonds is 3. The predicted octanol–water partition coefficient (Wildman–Crippen LogP) is 4.54. The van der Waals surface area contributed by atoms with Crippen LogP contribution in [0.3, 0.4) is 0 Å². The summed E-state index contributed by atoms with van der Waals surface area (Å²) in [5, 5.41) is 0. The van der Waals surface area contributed by atoms with Crippen molar-refractivity contribution >= 4 is 0 Å². The van der Waals surface area contributed by atoms with Crippen molar-refractivity contribution < 1.29 is 4.74 Å². The second-order valence-corrected chi connectivity index (χ2v) is 6.18. The van der Waals surface area contributed by atoms with Crippen molar-refractivity contribution in [2.24, 2.45) is 5.73 Å². The molecule has 0 amide bonds. The van der Waals surface area contributed by atoms with E-state index in [-0.39, 0.29) is 5.41 Å². The van der Waals surface area contributed by atoms with E-state index in [1.165, 1.54) is 5.56 Å². The first-order chi connectivity index (χ1) is 9.40. The maximum atomic E-state index is 5.96. The van der Waals surface area contributed by atoms with Crippen molar-refractivity contribution in [1.29, 1.82) is 0 Å². The van der Waals surface area contributed by atoms with Crippen LogP contribution >= 0.6 is 0 Å². The van der Waals surface area contributed by atoms with E-state index < -0.39 is 0 Å². The van der Waals surface area contributed by atoms with Gasteiger partial charge < -0.3 is 10.5 Å². The van der Waals surface area contributed by atoms with Crippen molar-refractivity contribution in [3.8, 4) is 11.5 Å². The Morgan fingerprint density at radius 1 is 1.05 bits per heavy atom. The fourth-order valence-corrected chi connectivity index (χ4v) is 2.09. The Morgan fingerprint density at radius 2 is 1.80 bits per heavy atom. The summed E-state index contributed by atoms with van der Waals surface area (Å²) < 4.78 is 5.96. The molecule has 0 spiro atoms. The molecule has 0 radical (unpaired) electrons. The summed E-state index contributed by atoms with van der Waals surface area (Å²) in [6, 6.07) is 14.3. The van der Waals surface area contributed by atoms with Gasteiger partial charge in [0.15, 0.2) is 0 Å². The van der Waals surface area contributed by atoms with Crippen LogP contribution in [0.2, 0.25) is 0 Å². The third-order valence-electron chi connectivity index (χ3n) is 3.40. The van der Waals surface area contributed by atoms with Crippen molar-refractivity contribution in [2.45, 2.75) is 39.7 Å². The molecule has 0 aliphatic carbocycles. The highest BCUT2D eigenvalue weighted by Crippen LogP contribution is 2.30. The minimum Gasteiger partial charge on any atom is -0.457 e. The van der Waals surface area contributed by atoms with Crippen LogP contribution in [0.1, 0.15) is 37.5 Å². The van der Waals surface area contributed by atoms with Gasteiger partial charge in [-0.2, -0.15) is 0 Å². The SMILES string of the molecule is Cc1cc(C(C)(C)C)ccc1Oc1cccc(CN)c1. The molecule has 0 unspecified atom stereocenters. The van der Waals surface area contributed by atoms with E-state index in [9.17, 15) is 0 Å². The molecule has 0 aliphatic rings. The first-order valence-corrected chi connectivity index (χ1v) is 6.98. The second kappa shape index (κ2) is 5.68. The minimum absolute atomic E-state index is 0.156. The monoisotopic (exact) mass is 269 g/mol. The van der Waals surface area contributed by atoms with E-state index in [1.807, 2.05) is 30.3 Å². The lowest BCUT2D eigenvalue weighted by Gasteiger charge is -2.20. The van der Waals surface area contributed by atoms with Gasteiger partial charge in [0.05, 0.1) is 0 Å². The van der Waals surface area contributed by atoms with Crippen molar-refractivity contribution in [3.05, 3.63) is 59.2 Å². The Bertz CT molecular complexity index is 597. The lowest BCUT2D eigenvalue weighted by Crippen LogP contribution is -2.11. The highest BCUT2D eigenvalue weighted by molar-refractivity contribution is 5.42. The number of nitrogens with two attached hydrogens (primary N) is 1. The first kappa shape index (κ1) is 14.6. The molecule has 0 atom stereocenters. The van der Waals surface area contributed by atoms with Gasteiger partial charge in [-0.25, -0.2) is 0 Å². The Hall–Kier alpha value is -1.80. The molecule has 0 bridgehead atoms. The van der Waals surface area contributed by atoms with Crippen LogP contribution in [0.5, 0.6) is 11.5 Å². The van der Waals surface area contributed by atoms with Crippen LogP contribution in [0.25, 0.3) is 0 Å². The smallest absolute Gasteiger partial charge is 0.130 e. The molecule has 106 valence electrons. The fourth-order valence-electron chi connectivity index (χ4n) is 2.09. The summed E-state index contributed by atoms with van der Waals surface area (Å²) >= 11 is 0. The predicted molar refractivity (Wildman–Crippen MR) is 84.3 cm³/mol. The van der Waals surface area contributed by atoms with Crippen molar-refractivity contribution in [2.75, 3.05) is 0 Å². The normalized spacial score (nSPS) is 11.4. The van der Waals surface area contributed by atoms with Crippen LogP contribution in [-0.2, 0) is 12.0 Å². The van der Waals surface area contributed by atoms with Crippen LogP contribution in [0.15, 0.2) is 42.5 Å². The third-order valence-corrected chi connectivity index (χ3v) is 3.40. The maximum absolute atomic E-state index is 5.96. The zero-order chi connectivity index (χ0) is 14.8. The van der Waals surface area contributed by atoms with Gasteiger partial charge in [-0.1, -0.05) is 45.0 Å². The van der Waals surface area contributed by atoms with Gasteiger partial charge >= 0.3 is 0 Å². The molecule has 0 aliphatic heterocycles. The van der Waals surface area contributed by atoms with Crippen LogP contribution in [0, 0.1) is 6.92 Å². The molecular weight excluding hydrogens is 246 g/mol. The molecule has 0 aromatic heterocycles. The minimum atomic E-state index is 0.156. The van der Waals surface area contributed by atoms with Gasteiger partial charge in [0.2, 0.25) is 0 Å². The molecule has 0 saturated carbocycles. The fraction of sp³-hybridized carbons (Fsp3) is 0.333. The summed E-state index contributed by atoms with van der Waals surface area (Å²) in [5.41, 5.74) is 9.35. The molecule has 2 aromatic carbocycles. The molecule has 20 heavy (non-hydrogen) atoms. The second-order valence-electron chi connectivity index (χ2n) is 6.18. The number of hydrogen-bond acceptors (Lipinski definition) is 2. The average molecular weight is 269 g/mol. The van der Waals surface area contributed by atoms with Gasteiger partial charge in [-0.15, -0.1) is 0 Å². The standard InChI is InChI=1S/C18H23NO/c1-13-10-15(18(2,3)4)8-9-17(13)20-16-7-5-6-14(11-16)12-19/h5-11H,12,19H2,1-4H3. The number of benzene rings is 2. The molecule has 0 fully saturated rings. The molecule has 2 heteroatoms. The van der Waals surface area contributed by atoms with Crippen LogP contribution < -0.4 is 10.5 Å². The quantitative estimate of drug-likeness (QED) is 0.887. The van der Waals surface area contributed by atoms with Crippen LogP contribution in [-0.4, -0.2) is 0 Å². The lowest BCUT2D eigenvalue weighted by atomic mass is 9.86. The largest absolute Gasteiger partial charge is 0.457 e. The van der Waals surface area contributed by atoms with Crippen LogP contribution in [0.4, 0.5) is 0 Å². The molecule has 2 nitrogen and oxygen atoms in total.